The zero-order valence-electron chi connectivity index (χ0n) is 22.0. The normalized spacial score (nSPS) is 26.6. The molecule has 10 heteroatoms. The summed E-state index contributed by atoms with van der Waals surface area (Å²) in [5, 5.41) is 7.92. The van der Waals surface area contributed by atoms with E-state index >= 15 is 0 Å². The fourth-order valence-electron chi connectivity index (χ4n) is 5.65. The van der Waals surface area contributed by atoms with E-state index in [9.17, 15) is 18.0 Å². The highest BCUT2D eigenvalue weighted by Gasteiger charge is 2.63. The van der Waals surface area contributed by atoms with E-state index in [1.165, 1.54) is 0 Å². The molecule has 3 fully saturated rings. The molecule has 0 radical (unpaired) electrons. The fourth-order valence-corrected chi connectivity index (χ4v) is 7.29. The van der Waals surface area contributed by atoms with Gasteiger partial charge in [-0.25, -0.2) is 13.4 Å². The van der Waals surface area contributed by atoms with Crippen LogP contribution in [0.25, 0.3) is 10.8 Å². The highest BCUT2D eigenvalue weighted by molar-refractivity contribution is 7.91. The van der Waals surface area contributed by atoms with Crippen molar-refractivity contribution in [3.05, 3.63) is 85.1 Å². The Morgan fingerprint density at radius 2 is 1.85 bits per heavy atom. The lowest BCUT2D eigenvalue weighted by molar-refractivity contribution is -0.130. The smallest absolute Gasteiger partial charge is 0.259 e. The number of rotatable bonds is 10. The van der Waals surface area contributed by atoms with Gasteiger partial charge in [-0.15, -0.1) is 6.58 Å². The third kappa shape index (κ3) is 4.86. The number of fused-ring (bicyclic) bond motifs is 1. The molecule has 4 atom stereocenters. The van der Waals surface area contributed by atoms with Gasteiger partial charge < -0.3 is 15.4 Å². The summed E-state index contributed by atoms with van der Waals surface area (Å²) >= 11 is 0. The maximum absolute atomic E-state index is 13.4. The number of hydrogen-bond acceptors (Lipinski definition) is 7. The molecule has 0 bridgehead atoms. The topological polar surface area (TPSA) is 126 Å². The van der Waals surface area contributed by atoms with Gasteiger partial charge in [0.25, 0.3) is 5.91 Å². The largest absolute Gasteiger partial charge is 0.472 e. The summed E-state index contributed by atoms with van der Waals surface area (Å²) in [7, 11) is -3.96. The number of carbonyl (C=O) groups excluding carboxylic acids is 2. The summed E-state index contributed by atoms with van der Waals surface area (Å²) in [6.07, 6.45) is 4.95. The van der Waals surface area contributed by atoms with Crippen molar-refractivity contribution in [1.29, 1.82) is 0 Å². The second-order valence-corrected chi connectivity index (χ2v) is 13.1. The molecular weight excluding hydrogens is 528 g/mol. The minimum Gasteiger partial charge on any atom is -0.472 e. The molecule has 3 N–H and O–H groups in total. The molecule has 2 saturated carbocycles. The van der Waals surface area contributed by atoms with E-state index in [-0.39, 0.29) is 17.9 Å². The summed E-state index contributed by atoms with van der Waals surface area (Å²) < 4.78 is 34.1. The Bertz CT molecular complexity index is 1570. The summed E-state index contributed by atoms with van der Waals surface area (Å²) in [5.41, 5.74) is -0.439. The molecule has 2 heterocycles. The van der Waals surface area contributed by atoms with Gasteiger partial charge in [-0.05, 0) is 48.8 Å². The lowest BCUT2D eigenvalue weighted by atomic mass is 10.1. The first-order valence-corrected chi connectivity index (χ1v) is 15.0. The van der Waals surface area contributed by atoms with E-state index in [4.69, 9.17) is 4.74 Å². The number of nitrogens with one attached hydrogen (secondary N) is 3. The SMILES string of the molecule is C=C[C@@H]1C[C@]1(NC(=O)[C@@H]1C[C@@H](Oc2nccc3ccccc23)CN1)C(=O)NS(=O)(=O)C1(Cc2ccccc2)CC1. The number of benzene rings is 2. The molecule has 9 nitrogen and oxygen atoms in total. The van der Waals surface area contributed by atoms with Gasteiger partial charge in [-0.2, -0.15) is 0 Å². The van der Waals surface area contributed by atoms with Crippen molar-refractivity contribution in [2.24, 2.45) is 5.92 Å². The Balaban J connectivity index is 1.10. The van der Waals surface area contributed by atoms with Crippen molar-refractivity contribution in [3.63, 3.8) is 0 Å². The van der Waals surface area contributed by atoms with Crippen molar-refractivity contribution >= 4 is 32.6 Å². The molecule has 2 aromatic carbocycles. The van der Waals surface area contributed by atoms with Crippen LogP contribution in [0, 0.1) is 5.92 Å². The minimum atomic E-state index is -3.96. The molecule has 1 aliphatic heterocycles. The van der Waals surface area contributed by atoms with Crippen molar-refractivity contribution in [3.8, 4) is 5.88 Å². The van der Waals surface area contributed by atoms with E-state index in [1.54, 1.807) is 12.3 Å². The monoisotopic (exact) mass is 560 g/mol. The van der Waals surface area contributed by atoms with Crippen LogP contribution in [0.3, 0.4) is 0 Å². The van der Waals surface area contributed by atoms with E-state index in [2.05, 4.69) is 26.9 Å². The van der Waals surface area contributed by atoms with E-state index in [0.717, 1.165) is 16.3 Å². The van der Waals surface area contributed by atoms with Crippen molar-refractivity contribution in [2.75, 3.05) is 6.54 Å². The molecule has 6 rings (SSSR count). The Morgan fingerprint density at radius 3 is 2.58 bits per heavy atom. The number of ether oxygens (including phenoxy) is 1. The predicted molar refractivity (Wildman–Crippen MR) is 151 cm³/mol. The number of aromatic nitrogens is 1. The van der Waals surface area contributed by atoms with Gasteiger partial charge in [-0.3, -0.25) is 14.3 Å². The highest BCUT2D eigenvalue weighted by atomic mass is 32.2. The lowest BCUT2D eigenvalue weighted by Crippen LogP contribution is -2.56. The Hall–Kier alpha value is -3.76. The Labute approximate surface area is 233 Å². The minimum absolute atomic E-state index is 0.290. The predicted octanol–water partition coefficient (Wildman–Crippen LogP) is 2.63. The Morgan fingerprint density at radius 1 is 1.10 bits per heavy atom. The summed E-state index contributed by atoms with van der Waals surface area (Å²) in [6.45, 7) is 4.21. The molecule has 1 saturated heterocycles. The van der Waals surface area contributed by atoms with Gasteiger partial charge >= 0.3 is 0 Å². The summed E-state index contributed by atoms with van der Waals surface area (Å²) in [4.78, 5) is 31.1. The zero-order chi connectivity index (χ0) is 28.0. The zero-order valence-corrected chi connectivity index (χ0v) is 22.8. The van der Waals surface area contributed by atoms with Crippen LogP contribution in [0.2, 0.25) is 0 Å². The molecule has 40 heavy (non-hydrogen) atoms. The second-order valence-electron chi connectivity index (χ2n) is 11.1. The van der Waals surface area contributed by atoms with E-state index in [1.807, 2.05) is 60.7 Å². The molecule has 0 spiro atoms. The molecule has 0 unspecified atom stereocenters. The van der Waals surface area contributed by atoms with Gasteiger partial charge in [0.15, 0.2) is 0 Å². The lowest BCUT2D eigenvalue weighted by Gasteiger charge is -2.23. The van der Waals surface area contributed by atoms with E-state index in [0.29, 0.717) is 44.5 Å². The first-order chi connectivity index (χ1) is 19.3. The Kier molecular flexibility index (Phi) is 6.62. The number of hydrogen-bond donors (Lipinski definition) is 3. The summed E-state index contributed by atoms with van der Waals surface area (Å²) in [5.74, 6) is -0.940. The first-order valence-electron chi connectivity index (χ1n) is 13.5. The molecule has 3 aromatic rings. The van der Waals surface area contributed by atoms with Crippen LogP contribution in [-0.2, 0) is 26.0 Å². The third-order valence-electron chi connectivity index (χ3n) is 8.35. The number of pyridine rings is 1. The van der Waals surface area contributed by atoms with Gasteiger partial charge in [-0.1, -0.05) is 54.6 Å². The average Bonchev–Trinajstić information content (AvgIpc) is 3.84. The molecule has 2 amide bonds. The van der Waals surface area contributed by atoms with Crippen LogP contribution >= 0.6 is 0 Å². The fraction of sp³-hybridized carbons (Fsp3) is 0.367. The number of nitrogens with zero attached hydrogens (tertiary/aromatic N) is 1. The highest BCUT2D eigenvalue weighted by Crippen LogP contribution is 2.48. The van der Waals surface area contributed by atoms with Gasteiger partial charge in [0.1, 0.15) is 11.6 Å². The second kappa shape index (κ2) is 10.0. The van der Waals surface area contributed by atoms with Crippen molar-refractivity contribution in [1.82, 2.24) is 20.3 Å². The van der Waals surface area contributed by atoms with Crippen molar-refractivity contribution in [2.45, 2.75) is 54.5 Å². The number of carbonyl (C=O) groups is 2. The van der Waals surface area contributed by atoms with Crippen LogP contribution in [-0.4, -0.2) is 54.2 Å². The molecule has 1 aromatic heterocycles. The van der Waals surface area contributed by atoms with Crippen LogP contribution in [0.15, 0.2) is 79.5 Å². The van der Waals surface area contributed by atoms with Gasteiger partial charge in [0.2, 0.25) is 21.8 Å². The standard InChI is InChI=1S/C30H32N4O5S/c1-2-22-18-30(22,28(36)34-40(37,38)29(13-14-29)17-20-8-4-3-5-9-20)33-26(35)25-16-23(19-32-25)39-27-24-11-7-6-10-21(24)12-15-31-27/h2-12,15,22-23,25,32H,1,13-14,16-19H2,(H,33,35)(H,34,36)/t22-,23-,25+,30-/m1/s1. The van der Waals surface area contributed by atoms with Crippen LogP contribution in [0.4, 0.5) is 0 Å². The number of amides is 2. The van der Waals surface area contributed by atoms with Crippen LogP contribution in [0.1, 0.15) is 31.2 Å². The van der Waals surface area contributed by atoms with Crippen LogP contribution < -0.4 is 20.1 Å². The summed E-state index contributed by atoms with van der Waals surface area (Å²) in [6, 6.07) is 18.5. The molecule has 2 aliphatic carbocycles. The van der Waals surface area contributed by atoms with Crippen molar-refractivity contribution < 1.29 is 22.7 Å². The molecule has 208 valence electrons. The first kappa shape index (κ1) is 26.5. The maximum atomic E-state index is 13.4. The molecule has 3 aliphatic rings. The van der Waals surface area contributed by atoms with E-state index < -0.39 is 32.3 Å². The maximum Gasteiger partial charge on any atom is 0.259 e. The van der Waals surface area contributed by atoms with Gasteiger partial charge in [0, 0.05) is 30.5 Å². The third-order valence-corrected chi connectivity index (χ3v) is 10.5. The average molecular weight is 561 g/mol. The quantitative estimate of drug-likeness (QED) is 0.326. The molecular formula is C30H32N4O5S. The number of sulfonamides is 1. The van der Waals surface area contributed by atoms with Crippen LogP contribution in [0.5, 0.6) is 5.88 Å². The van der Waals surface area contributed by atoms with Gasteiger partial charge in [0.05, 0.1) is 10.8 Å².